The second-order valence-electron chi connectivity index (χ2n) is 9.30. The molecule has 0 saturated carbocycles. The number of nitrogens with one attached hydrogen (secondary N) is 1. The van der Waals surface area contributed by atoms with Gasteiger partial charge in [-0.05, 0) is 50.0 Å². The van der Waals surface area contributed by atoms with Gasteiger partial charge in [-0.1, -0.05) is 18.2 Å². The number of amides is 1. The molecule has 2 saturated heterocycles. The molecule has 0 bridgehead atoms. The zero-order valence-corrected chi connectivity index (χ0v) is 21.2. The third-order valence-corrected chi connectivity index (χ3v) is 7.19. The highest BCUT2D eigenvalue weighted by molar-refractivity contribution is 7.92. The van der Waals surface area contributed by atoms with E-state index in [2.05, 4.69) is 16.2 Å². The van der Waals surface area contributed by atoms with Crippen LogP contribution in [0, 0.1) is 6.92 Å². The van der Waals surface area contributed by atoms with Gasteiger partial charge in [-0.25, -0.2) is 17.9 Å². The summed E-state index contributed by atoms with van der Waals surface area (Å²) in [6, 6.07) is 6.25. The number of hydrogen-bond donors (Lipinski definition) is 1. The smallest absolute Gasteiger partial charge is 0.256 e. The zero-order chi connectivity index (χ0) is 24.9. The van der Waals surface area contributed by atoms with E-state index in [1.165, 1.54) is 17.7 Å². The number of fused-ring (bicyclic) bond motifs is 1. The van der Waals surface area contributed by atoms with Crippen LogP contribution in [0.3, 0.4) is 0 Å². The van der Waals surface area contributed by atoms with Gasteiger partial charge < -0.3 is 9.80 Å². The quantitative estimate of drug-likeness (QED) is 0.520. The largest absolute Gasteiger partial charge is 0.348 e. The van der Waals surface area contributed by atoms with Crippen LogP contribution in [0.2, 0.25) is 5.02 Å². The van der Waals surface area contributed by atoms with Crippen LogP contribution in [0.25, 0.3) is 5.65 Å². The fraction of sp³-hybridized carbons (Fsp3) is 0.375. The summed E-state index contributed by atoms with van der Waals surface area (Å²) < 4.78 is 27.9. The van der Waals surface area contributed by atoms with Crippen molar-refractivity contribution in [2.24, 2.45) is 0 Å². The number of piperidine rings is 1. The van der Waals surface area contributed by atoms with E-state index in [1.54, 1.807) is 15.5 Å². The SMILES string of the molecule is C=C1CN(c2nc3cc([C@@H]4CCCCN4C(=O)c4cc(Cl)ccc4NS(C)(=O)=O)nn3cc2C)C1. The predicted octanol–water partition coefficient (Wildman–Crippen LogP) is 3.81. The summed E-state index contributed by atoms with van der Waals surface area (Å²) in [4.78, 5) is 22.5. The lowest BCUT2D eigenvalue weighted by Gasteiger charge is -2.35. The van der Waals surface area contributed by atoms with Gasteiger partial charge in [-0.3, -0.25) is 9.52 Å². The average Bonchev–Trinajstić information content (AvgIpc) is 3.19. The van der Waals surface area contributed by atoms with Crippen LogP contribution in [-0.4, -0.2) is 59.7 Å². The molecule has 9 nitrogen and oxygen atoms in total. The Hall–Kier alpha value is -3.11. The first kappa shape index (κ1) is 23.6. The summed E-state index contributed by atoms with van der Waals surface area (Å²) in [5.41, 5.74) is 4.11. The number of carbonyl (C=O) groups excluding carboxylic acids is 1. The van der Waals surface area contributed by atoms with Gasteiger partial charge in [0.1, 0.15) is 5.82 Å². The first-order chi connectivity index (χ1) is 16.6. The van der Waals surface area contributed by atoms with E-state index in [-0.39, 0.29) is 23.2 Å². The summed E-state index contributed by atoms with van der Waals surface area (Å²) in [7, 11) is -3.57. The van der Waals surface area contributed by atoms with Crippen LogP contribution in [0.4, 0.5) is 11.5 Å². The highest BCUT2D eigenvalue weighted by atomic mass is 35.5. The molecule has 11 heteroatoms. The Morgan fingerprint density at radius 1 is 1.23 bits per heavy atom. The van der Waals surface area contributed by atoms with Crippen molar-refractivity contribution in [1.29, 1.82) is 0 Å². The molecule has 1 atom stereocenters. The number of nitrogens with zero attached hydrogens (tertiary/aromatic N) is 5. The van der Waals surface area contributed by atoms with Crippen LogP contribution in [0.15, 0.2) is 42.6 Å². The maximum Gasteiger partial charge on any atom is 0.256 e. The molecule has 2 aliphatic rings. The van der Waals surface area contributed by atoms with Crippen molar-refractivity contribution >= 4 is 44.7 Å². The Kier molecular flexibility index (Phi) is 5.96. The normalized spacial score (nSPS) is 18.6. The first-order valence-electron chi connectivity index (χ1n) is 11.5. The molecule has 35 heavy (non-hydrogen) atoms. The van der Waals surface area contributed by atoms with E-state index < -0.39 is 10.0 Å². The summed E-state index contributed by atoms with van der Waals surface area (Å²) >= 11 is 6.18. The van der Waals surface area contributed by atoms with E-state index >= 15 is 0 Å². The van der Waals surface area contributed by atoms with Crippen LogP contribution in [0.5, 0.6) is 0 Å². The number of likely N-dealkylation sites (tertiary alicyclic amines) is 1. The van der Waals surface area contributed by atoms with E-state index in [1.807, 2.05) is 19.2 Å². The van der Waals surface area contributed by atoms with Gasteiger partial charge in [0.25, 0.3) is 5.91 Å². The number of benzene rings is 1. The summed E-state index contributed by atoms with van der Waals surface area (Å²) in [5, 5.41) is 5.12. The van der Waals surface area contributed by atoms with Crippen molar-refractivity contribution in [2.75, 3.05) is 35.5 Å². The number of rotatable bonds is 5. The maximum atomic E-state index is 13.7. The van der Waals surface area contributed by atoms with Crippen LogP contribution in [-0.2, 0) is 10.0 Å². The monoisotopic (exact) mass is 514 g/mol. The van der Waals surface area contributed by atoms with Crippen molar-refractivity contribution in [2.45, 2.75) is 32.2 Å². The van der Waals surface area contributed by atoms with Gasteiger partial charge in [0.15, 0.2) is 5.65 Å². The van der Waals surface area contributed by atoms with Gasteiger partial charge in [-0.2, -0.15) is 5.10 Å². The minimum Gasteiger partial charge on any atom is -0.348 e. The van der Waals surface area contributed by atoms with E-state index in [4.69, 9.17) is 21.7 Å². The van der Waals surface area contributed by atoms with E-state index in [0.717, 1.165) is 61.3 Å². The fourth-order valence-electron chi connectivity index (χ4n) is 4.76. The summed E-state index contributed by atoms with van der Waals surface area (Å²) in [5.74, 6) is 0.632. The van der Waals surface area contributed by atoms with Crippen LogP contribution >= 0.6 is 11.6 Å². The van der Waals surface area contributed by atoms with Crippen LogP contribution in [0.1, 0.15) is 46.9 Å². The van der Waals surface area contributed by atoms with E-state index in [9.17, 15) is 13.2 Å². The molecule has 5 rings (SSSR count). The highest BCUT2D eigenvalue weighted by Gasteiger charge is 2.32. The molecule has 2 aliphatic heterocycles. The van der Waals surface area contributed by atoms with Crippen molar-refractivity contribution in [3.63, 3.8) is 0 Å². The van der Waals surface area contributed by atoms with Crippen molar-refractivity contribution < 1.29 is 13.2 Å². The lowest BCUT2D eigenvalue weighted by Crippen LogP contribution is -2.40. The number of sulfonamides is 1. The summed E-state index contributed by atoms with van der Waals surface area (Å²) in [6.07, 6.45) is 5.58. The third-order valence-electron chi connectivity index (χ3n) is 6.36. The number of halogens is 1. The van der Waals surface area contributed by atoms with Crippen molar-refractivity contribution in [3.8, 4) is 0 Å². The number of hydrogen-bond acceptors (Lipinski definition) is 6. The molecule has 4 heterocycles. The molecule has 1 amide bonds. The molecule has 3 aromatic rings. The molecular formula is C24H27ClN6O3S. The topological polar surface area (TPSA) is 99.9 Å². The Morgan fingerprint density at radius 2 is 2.00 bits per heavy atom. The minimum absolute atomic E-state index is 0.208. The van der Waals surface area contributed by atoms with E-state index in [0.29, 0.717) is 11.6 Å². The van der Waals surface area contributed by atoms with Crippen molar-refractivity contribution in [1.82, 2.24) is 19.5 Å². The second-order valence-corrected chi connectivity index (χ2v) is 11.5. The molecule has 0 aliphatic carbocycles. The Bertz CT molecular complexity index is 1440. The third kappa shape index (κ3) is 4.72. The van der Waals surface area contributed by atoms with Gasteiger partial charge >= 0.3 is 0 Å². The molecule has 0 spiro atoms. The van der Waals surface area contributed by atoms with Gasteiger partial charge in [0, 0.05) is 42.5 Å². The standard InChI is InChI=1S/C24H27ClN6O3S/c1-15-12-29(13-15)23-16(2)14-31-22(26-23)11-20(27-31)21-6-4-5-9-30(21)24(32)18-10-17(25)7-8-19(18)28-35(3,33)34/h7-8,10-11,14,21,28H,1,4-6,9,12-13H2,2-3H3/t21-/m0/s1. The fourth-order valence-corrected chi connectivity index (χ4v) is 5.51. The Morgan fingerprint density at radius 3 is 2.71 bits per heavy atom. The number of anilines is 2. The van der Waals surface area contributed by atoms with Gasteiger partial charge in [-0.15, -0.1) is 0 Å². The molecule has 1 aromatic carbocycles. The molecular weight excluding hydrogens is 488 g/mol. The molecule has 0 unspecified atom stereocenters. The predicted molar refractivity (Wildman–Crippen MR) is 137 cm³/mol. The van der Waals surface area contributed by atoms with Crippen LogP contribution < -0.4 is 9.62 Å². The Labute approximate surface area is 209 Å². The number of aryl methyl sites for hydroxylation is 1. The molecule has 184 valence electrons. The van der Waals surface area contributed by atoms with Gasteiger partial charge in [0.05, 0.1) is 29.2 Å². The second kappa shape index (κ2) is 8.83. The maximum absolute atomic E-state index is 13.7. The number of carbonyl (C=O) groups is 1. The lowest BCUT2D eigenvalue weighted by molar-refractivity contribution is 0.0607. The molecule has 0 radical (unpaired) electrons. The lowest BCUT2D eigenvalue weighted by atomic mass is 9.98. The first-order valence-corrected chi connectivity index (χ1v) is 13.7. The zero-order valence-electron chi connectivity index (χ0n) is 19.7. The average molecular weight is 515 g/mol. The molecule has 1 N–H and O–H groups in total. The van der Waals surface area contributed by atoms with Crippen molar-refractivity contribution in [3.05, 3.63) is 64.5 Å². The van der Waals surface area contributed by atoms with Gasteiger partial charge in [0.2, 0.25) is 10.0 Å². The molecule has 2 aromatic heterocycles. The highest BCUT2D eigenvalue weighted by Crippen LogP contribution is 2.34. The molecule has 2 fully saturated rings. The minimum atomic E-state index is -3.57. The summed E-state index contributed by atoms with van der Waals surface area (Å²) in [6.45, 7) is 8.16. The number of aromatic nitrogens is 3. The Balaban J connectivity index is 1.49.